The molecule has 0 saturated carbocycles. The highest BCUT2D eigenvalue weighted by atomic mass is 32.2. The molecule has 3 aromatic carbocycles. The highest BCUT2D eigenvalue weighted by Crippen LogP contribution is 2.25. The second-order valence-electron chi connectivity index (χ2n) is 7.81. The van der Waals surface area contributed by atoms with E-state index >= 15 is 0 Å². The zero-order valence-corrected chi connectivity index (χ0v) is 18.8. The Balaban J connectivity index is 1.57. The van der Waals surface area contributed by atoms with Crippen LogP contribution in [0, 0.1) is 6.92 Å². The number of benzene rings is 3. The van der Waals surface area contributed by atoms with E-state index in [0.29, 0.717) is 5.82 Å². The van der Waals surface area contributed by atoms with Crippen LogP contribution in [0.5, 0.6) is 0 Å². The van der Waals surface area contributed by atoms with E-state index in [9.17, 15) is 13.2 Å². The first-order valence-corrected chi connectivity index (χ1v) is 12.1. The maximum Gasteiger partial charge on any atom is 0.221 e. The van der Waals surface area contributed by atoms with Gasteiger partial charge in [-0.25, -0.2) is 13.4 Å². The highest BCUT2D eigenvalue weighted by Gasteiger charge is 2.24. The van der Waals surface area contributed by atoms with Gasteiger partial charge in [-0.2, -0.15) is 0 Å². The van der Waals surface area contributed by atoms with Gasteiger partial charge in [0.1, 0.15) is 11.9 Å². The minimum atomic E-state index is -3.55. The predicted molar refractivity (Wildman–Crippen MR) is 125 cm³/mol. The molecule has 4 aromatic rings. The number of amides is 1. The summed E-state index contributed by atoms with van der Waals surface area (Å²) in [7, 11) is -1.64. The molecular formula is C25H25N3O3S. The standard InChI is InChI=1S/C25H25N3O3S/c1-18-12-14-20(15-13-18)32(30,31)17-16-23(29)27-24(19-8-4-3-5-9-19)25-26-21-10-6-7-11-22(21)28(25)2/h3-15,24H,16-17H2,1-2H3,(H,27,29). The molecule has 164 valence electrons. The Kier molecular flexibility index (Phi) is 6.10. The molecular weight excluding hydrogens is 422 g/mol. The molecule has 6 nitrogen and oxygen atoms in total. The maximum absolute atomic E-state index is 12.8. The summed E-state index contributed by atoms with van der Waals surface area (Å²) in [6.45, 7) is 1.90. The number of aromatic nitrogens is 2. The van der Waals surface area contributed by atoms with E-state index in [-0.39, 0.29) is 23.0 Å². The van der Waals surface area contributed by atoms with Crippen molar-refractivity contribution in [3.63, 3.8) is 0 Å². The number of imidazole rings is 1. The van der Waals surface area contributed by atoms with Crippen LogP contribution in [0.4, 0.5) is 0 Å². The second kappa shape index (κ2) is 8.96. The summed E-state index contributed by atoms with van der Waals surface area (Å²) >= 11 is 0. The van der Waals surface area contributed by atoms with E-state index in [2.05, 4.69) is 5.32 Å². The third-order valence-corrected chi connectivity index (χ3v) is 7.23. The van der Waals surface area contributed by atoms with Gasteiger partial charge in [-0.05, 0) is 36.8 Å². The van der Waals surface area contributed by atoms with E-state index in [1.165, 1.54) is 0 Å². The van der Waals surface area contributed by atoms with Crippen molar-refractivity contribution < 1.29 is 13.2 Å². The van der Waals surface area contributed by atoms with Gasteiger partial charge >= 0.3 is 0 Å². The second-order valence-corrected chi connectivity index (χ2v) is 9.92. The molecule has 0 fully saturated rings. The Hall–Kier alpha value is -3.45. The minimum Gasteiger partial charge on any atom is -0.342 e. The molecule has 4 rings (SSSR count). The molecule has 1 N–H and O–H groups in total. The number of fused-ring (bicyclic) bond motifs is 1. The summed E-state index contributed by atoms with van der Waals surface area (Å²) in [6.07, 6.45) is -0.135. The van der Waals surface area contributed by atoms with Gasteiger partial charge in [0.25, 0.3) is 0 Å². The Morgan fingerprint density at radius 3 is 2.31 bits per heavy atom. The molecule has 1 heterocycles. The fraction of sp³-hybridized carbons (Fsp3) is 0.200. The first-order chi connectivity index (χ1) is 15.3. The lowest BCUT2D eigenvalue weighted by Gasteiger charge is -2.19. The molecule has 0 aliphatic carbocycles. The highest BCUT2D eigenvalue weighted by molar-refractivity contribution is 7.91. The van der Waals surface area contributed by atoms with Crippen LogP contribution >= 0.6 is 0 Å². The molecule has 7 heteroatoms. The van der Waals surface area contributed by atoms with Crippen LogP contribution in [0.1, 0.15) is 29.4 Å². The molecule has 1 atom stereocenters. The van der Waals surface area contributed by atoms with Crippen LogP contribution < -0.4 is 5.32 Å². The third-order valence-electron chi connectivity index (χ3n) is 5.50. The van der Waals surface area contributed by atoms with E-state index < -0.39 is 15.9 Å². The molecule has 1 amide bonds. The van der Waals surface area contributed by atoms with Crippen LogP contribution in [0.25, 0.3) is 11.0 Å². The Bertz CT molecular complexity index is 1340. The fourth-order valence-electron chi connectivity index (χ4n) is 3.69. The monoisotopic (exact) mass is 447 g/mol. The van der Waals surface area contributed by atoms with E-state index in [1.807, 2.05) is 73.1 Å². The average molecular weight is 448 g/mol. The lowest BCUT2D eigenvalue weighted by Crippen LogP contribution is -2.32. The number of rotatable bonds is 7. The smallest absolute Gasteiger partial charge is 0.221 e. The van der Waals surface area contributed by atoms with Crippen molar-refractivity contribution >= 4 is 26.8 Å². The van der Waals surface area contributed by atoms with Gasteiger partial charge in [-0.1, -0.05) is 60.2 Å². The van der Waals surface area contributed by atoms with Gasteiger partial charge in [-0.15, -0.1) is 0 Å². The first kappa shape index (κ1) is 21.8. The van der Waals surface area contributed by atoms with Gasteiger partial charge < -0.3 is 9.88 Å². The van der Waals surface area contributed by atoms with Crippen LogP contribution in [-0.4, -0.2) is 29.6 Å². The van der Waals surface area contributed by atoms with Crippen molar-refractivity contribution in [3.8, 4) is 0 Å². The number of carbonyl (C=O) groups excluding carboxylic acids is 1. The first-order valence-electron chi connectivity index (χ1n) is 10.4. The quantitative estimate of drug-likeness (QED) is 0.465. The topological polar surface area (TPSA) is 81.1 Å². The third kappa shape index (κ3) is 4.57. The number of hydrogen-bond acceptors (Lipinski definition) is 4. The average Bonchev–Trinajstić information content (AvgIpc) is 3.13. The summed E-state index contributed by atoms with van der Waals surface area (Å²) < 4.78 is 27.3. The van der Waals surface area contributed by atoms with Crippen molar-refractivity contribution in [2.75, 3.05) is 5.75 Å². The van der Waals surface area contributed by atoms with Gasteiger partial charge in [0, 0.05) is 13.5 Å². The summed E-state index contributed by atoms with van der Waals surface area (Å²) in [5.74, 6) is 0.0834. The Labute approximate surface area is 187 Å². The van der Waals surface area contributed by atoms with Crippen molar-refractivity contribution in [2.24, 2.45) is 7.05 Å². The van der Waals surface area contributed by atoms with Crippen molar-refractivity contribution in [1.82, 2.24) is 14.9 Å². The van der Waals surface area contributed by atoms with Crippen LogP contribution in [0.3, 0.4) is 0 Å². The van der Waals surface area contributed by atoms with Gasteiger partial charge in [0.05, 0.1) is 21.7 Å². The molecule has 0 bridgehead atoms. The van der Waals surface area contributed by atoms with E-state index in [4.69, 9.17) is 4.98 Å². The van der Waals surface area contributed by atoms with Gasteiger partial charge in [-0.3, -0.25) is 4.79 Å². The number of nitrogens with zero attached hydrogens (tertiary/aromatic N) is 2. The summed E-state index contributed by atoms with van der Waals surface area (Å²) in [4.78, 5) is 17.8. The number of sulfone groups is 1. The lowest BCUT2D eigenvalue weighted by atomic mass is 10.1. The number of para-hydroxylation sites is 2. The molecule has 1 aromatic heterocycles. The molecule has 32 heavy (non-hydrogen) atoms. The molecule has 0 radical (unpaired) electrons. The molecule has 0 aliphatic rings. The zero-order chi connectivity index (χ0) is 22.7. The van der Waals surface area contributed by atoms with E-state index in [0.717, 1.165) is 22.2 Å². The largest absolute Gasteiger partial charge is 0.342 e. The van der Waals surface area contributed by atoms with Crippen molar-refractivity contribution in [3.05, 3.63) is 95.8 Å². The lowest BCUT2D eigenvalue weighted by molar-refractivity contribution is -0.121. The van der Waals surface area contributed by atoms with Crippen molar-refractivity contribution in [2.45, 2.75) is 24.3 Å². The molecule has 1 unspecified atom stereocenters. The predicted octanol–water partition coefficient (Wildman–Crippen LogP) is 3.95. The molecule has 0 aliphatic heterocycles. The normalized spacial score (nSPS) is 12.6. The zero-order valence-electron chi connectivity index (χ0n) is 18.0. The summed E-state index contributed by atoms with van der Waals surface area (Å²) in [5, 5.41) is 3.00. The van der Waals surface area contributed by atoms with E-state index in [1.54, 1.807) is 24.3 Å². The maximum atomic E-state index is 12.8. The van der Waals surface area contributed by atoms with Crippen LogP contribution in [-0.2, 0) is 21.7 Å². The number of carbonyl (C=O) groups is 1. The van der Waals surface area contributed by atoms with Gasteiger partial charge in [0.2, 0.25) is 5.91 Å². The number of aryl methyl sites for hydroxylation is 2. The number of nitrogens with one attached hydrogen (secondary N) is 1. The van der Waals surface area contributed by atoms with Crippen LogP contribution in [0.15, 0.2) is 83.8 Å². The van der Waals surface area contributed by atoms with Crippen molar-refractivity contribution in [1.29, 1.82) is 0 Å². The SMILES string of the molecule is Cc1ccc(S(=O)(=O)CCC(=O)NC(c2ccccc2)c2nc3ccccc3n2C)cc1. The molecule has 0 spiro atoms. The Morgan fingerprint density at radius 2 is 1.62 bits per heavy atom. The summed E-state index contributed by atoms with van der Waals surface area (Å²) in [5.41, 5.74) is 3.65. The van der Waals surface area contributed by atoms with Crippen LogP contribution in [0.2, 0.25) is 0 Å². The minimum absolute atomic E-state index is 0.135. The number of hydrogen-bond donors (Lipinski definition) is 1. The summed E-state index contributed by atoms with van der Waals surface area (Å²) in [6, 6.07) is 23.5. The molecule has 0 saturated heterocycles. The van der Waals surface area contributed by atoms with Gasteiger partial charge in [0.15, 0.2) is 9.84 Å². The fourth-order valence-corrected chi connectivity index (χ4v) is 4.93. The Morgan fingerprint density at radius 1 is 0.969 bits per heavy atom.